The minimum atomic E-state index is -0.0301. The van der Waals surface area contributed by atoms with Crippen LogP contribution in [0.2, 0.25) is 0 Å². The quantitative estimate of drug-likeness (QED) is 0.894. The zero-order valence-electron chi connectivity index (χ0n) is 13.9. The maximum absolute atomic E-state index is 12.4. The van der Waals surface area contributed by atoms with E-state index in [0.29, 0.717) is 12.6 Å². The molecule has 0 spiro atoms. The number of hydrogen-bond acceptors (Lipinski definition) is 3. The predicted octanol–water partition coefficient (Wildman–Crippen LogP) is 3.89. The molecule has 1 atom stereocenters. The van der Waals surface area contributed by atoms with Crippen molar-refractivity contribution in [3.05, 3.63) is 29.3 Å². The van der Waals surface area contributed by atoms with E-state index < -0.39 is 0 Å². The summed E-state index contributed by atoms with van der Waals surface area (Å²) in [4.78, 5) is 14.2. The van der Waals surface area contributed by atoms with Crippen LogP contribution in [0.15, 0.2) is 18.2 Å². The first-order chi connectivity index (χ1) is 10.5. The lowest BCUT2D eigenvalue weighted by molar-refractivity contribution is 0.0654. The van der Waals surface area contributed by atoms with Gasteiger partial charge in [0.25, 0.3) is 0 Å². The van der Waals surface area contributed by atoms with E-state index in [0.717, 1.165) is 34.7 Å². The number of carbonyl (C=O) groups excluding carboxylic acids is 1. The summed E-state index contributed by atoms with van der Waals surface area (Å²) >= 11 is 1.91. The molecule has 1 aliphatic rings. The number of thioether (sulfide) groups is 1. The van der Waals surface area contributed by atoms with Crippen molar-refractivity contribution < 1.29 is 9.53 Å². The van der Waals surface area contributed by atoms with E-state index >= 15 is 0 Å². The van der Waals surface area contributed by atoms with Crippen LogP contribution in [0.3, 0.4) is 0 Å². The zero-order chi connectivity index (χ0) is 16.1. The Hall–Kier alpha value is -1.20. The van der Waals surface area contributed by atoms with Crippen LogP contribution in [-0.2, 0) is 11.3 Å². The second kappa shape index (κ2) is 7.88. The summed E-state index contributed by atoms with van der Waals surface area (Å²) in [6, 6.07) is 6.27. The molecule has 0 unspecified atom stereocenters. The van der Waals surface area contributed by atoms with Crippen molar-refractivity contribution in [3.63, 3.8) is 0 Å². The highest BCUT2D eigenvalue weighted by Gasteiger charge is 2.24. The average molecular weight is 322 g/mol. The van der Waals surface area contributed by atoms with Crippen LogP contribution in [0.4, 0.5) is 10.5 Å². The molecule has 1 N–H and O–H groups in total. The van der Waals surface area contributed by atoms with E-state index in [4.69, 9.17) is 4.74 Å². The maximum Gasteiger partial charge on any atom is 0.321 e. The Bertz CT molecular complexity index is 513. The molecule has 1 aromatic rings. The average Bonchev–Trinajstić information content (AvgIpc) is 3.01. The molecular weight excluding hydrogens is 296 g/mol. The molecule has 0 saturated carbocycles. The Morgan fingerprint density at radius 2 is 2.27 bits per heavy atom. The van der Waals surface area contributed by atoms with Crippen LogP contribution >= 0.6 is 11.8 Å². The number of ether oxygens (including phenoxy) is 1. The molecule has 1 aromatic carbocycles. The van der Waals surface area contributed by atoms with Gasteiger partial charge in [0.05, 0.1) is 12.7 Å². The smallest absolute Gasteiger partial charge is 0.321 e. The number of urea groups is 1. The summed E-state index contributed by atoms with van der Waals surface area (Å²) in [6.45, 7) is 6.65. The van der Waals surface area contributed by atoms with Gasteiger partial charge in [0, 0.05) is 24.5 Å². The zero-order valence-corrected chi connectivity index (χ0v) is 14.7. The van der Waals surface area contributed by atoms with Crippen molar-refractivity contribution in [1.82, 2.24) is 4.90 Å². The normalized spacial score (nSPS) is 17.8. The van der Waals surface area contributed by atoms with Gasteiger partial charge >= 0.3 is 6.03 Å². The van der Waals surface area contributed by atoms with Crippen LogP contribution < -0.4 is 5.32 Å². The molecular formula is C17H26N2O2S. The Morgan fingerprint density at radius 3 is 2.91 bits per heavy atom. The second-order valence-corrected chi connectivity index (χ2v) is 7.16. The number of benzene rings is 1. The lowest BCUT2D eigenvalue weighted by Gasteiger charge is -2.25. The standard InChI is InChI=1S/C17H26N2O2S/c1-12(2)21-10-14-6-5-7-16(13(14)3)18-17(20)19(4)15-8-9-22-11-15/h5-7,12,15H,8-11H2,1-4H3,(H,18,20)/t15-/m0/s1. The van der Waals surface area contributed by atoms with Gasteiger partial charge in [-0.25, -0.2) is 4.79 Å². The molecule has 1 fully saturated rings. The molecule has 0 aliphatic carbocycles. The first kappa shape index (κ1) is 17.2. The summed E-state index contributed by atoms with van der Waals surface area (Å²) in [6.07, 6.45) is 1.28. The molecule has 4 nitrogen and oxygen atoms in total. The Morgan fingerprint density at radius 1 is 1.50 bits per heavy atom. The highest BCUT2D eigenvalue weighted by molar-refractivity contribution is 7.99. The fraction of sp³-hybridized carbons (Fsp3) is 0.588. The van der Waals surface area contributed by atoms with Crippen molar-refractivity contribution in [3.8, 4) is 0 Å². The van der Waals surface area contributed by atoms with Crippen molar-refractivity contribution in [2.24, 2.45) is 0 Å². The van der Waals surface area contributed by atoms with Gasteiger partial charge in [-0.2, -0.15) is 11.8 Å². The monoisotopic (exact) mass is 322 g/mol. The van der Waals surface area contributed by atoms with Crippen molar-refractivity contribution in [1.29, 1.82) is 0 Å². The first-order valence-corrected chi connectivity index (χ1v) is 8.96. The minimum Gasteiger partial charge on any atom is -0.374 e. The summed E-state index contributed by atoms with van der Waals surface area (Å²) in [5, 5.41) is 3.04. The number of nitrogens with zero attached hydrogens (tertiary/aromatic N) is 1. The molecule has 2 amide bonds. The third kappa shape index (κ3) is 4.40. The second-order valence-electron chi connectivity index (χ2n) is 6.01. The van der Waals surface area contributed by atoms with E-state index in [9.17, 15) is 4.79 Å². The molecule has 1 aliphatic heterocycles. The van der Waals surface area contributed by atoms with E-state index in [1.807, 2.05) is 62.7 Å². The van der Waals surface area contributed by atoms with E-state index in [1.165, 1.54) is 0 Å². The predicted molar refractivity (Wildman–Crippen MR) is 93.6 cm³/mol. The van der Waals surface area contributed by atoms with Gasteiger partial charge in [0.2, 0.25) is 0 Å². The van der Waals surface area contributed by atoms with Gasteiger partial charge in [-0.15, -0.1) is 0 Å². The Labute approximate surface area is 137 Å². The summed E-state index contributed by atoms with van der Waals surface area (Å²) in [5.74, 6) is 2.18. The number of nitrogens with one attached hydrogen (secondary N) is 1. The molecule has 1 saturated heterocycles. The molecule has 2 rings (SSSR count). The van der Waals surface area contributed by atoms with Crippen molar-refractivity contribution in [2.45, 2.75) is 45.9 Å². The highest BCUT2D eigenvalue weighted by atomic mass is 32.2. The number of hydrogen-bond donors (Lipinski definition) is 1. The molecule has 22 heavy (non-hydrogen) atoms. The van der Waals surface area contributed by atoms with E-state index in [-0.39, 0.29) is 12.1 Å². The number of amides is 2. The third-order valence-corrected chi connectivity index (χ3v) is 5.18. The summed E-state index contributed by atoms with van der Waals surface area (Å²) < 4.78 is 5.67. The lowest BCUT2D eigenvalue weighted by Crippen LogP contribution is -2.40. The van der Waals surface area contributed by atoms with E-state index in [2.05, 4.69) is 5.32 Å². The third-order valence-electron chi connectivity index (χ3n) is 4.03. The molecule has 0 radical (unpaired) electrons. The molecule has 1 heterocycles. The van der Waals surface area contributed by atoms with Gasteiger partial charge in [0.1, 0.15) is 0 Å². The molecule has 0 bridgehead atoms. The van der Waals surface area contributed by atoms with Crippen LogP contribution in [0.5, 0.6) is 0 Å². The Kier molecular flexibility index (Phi) is 6.15. The highest BCUT2D eigenvalue weighted by Crippen LogP contribution is 2.24. The van der Waals surface area contributed by atoms with Crippen LogP contribution in [0, 0.1) is 6.92 Å². The first-order valence-electron chi connectivity index (χ1n) is 7.80. The fourth-order valence-electron chi connectivity index (χ4n) is 2.43. The van der Waals surface area contributed by atoms with Crippen molar-refractivity contribution >= 4 is 23.5 Å². The molecule has 122 valence electrons. The minimum absolute atomic E-state index is 0.0301. The Balaban J connectivity index is 2.02. The lowest BCUT2D eigenvalue weighted by atomic mass is 10.1. The number of rotatable bonds is 5. The van der Waals surface area contributed by atoms with Gasteiger partial charge in [0.15, 0.2) is 0 Å². The van der Waals surface area contributed by atoms with Crippen LogP contribution in [0.25, 0.3) is 0 Å². The van der Waals surface area contributed by atoms with Crippen LogP contribution in [-0.4, -0.2) is 41.6 Å². The largest absolute Gasteiger partial charge is 0.374 e. The van der Waals surface area contributed by atoms with Gasteiger partial charge in [-0.05, 0) is 50.1 Å². The number of anilines is 1. The molecule has 0 aromatic heterocycles. The fourth-order valence-corrected chi connectivity index (χ4v) is 3.70. The number of carbonyl (C=O) groups is 1. The van der Waals surface area contributed by atoms with Gasteiger partial charge < -0.3 is 15.0 Å². The van der Waals surface area contributed by atoms with Gasteiger partial charge in [-0.1, -0.05) is 12.1 Å². The summed E-state index contributed by atoms with van der Waals surface area (Å²) in [5.41, 5.74) is 3.06. The molecule has 5 heteroatoms. The topological polar surface area (TPSA) is 41.6 Å². The SMILES string of the molecule is Cc1c(COC(C)C)cccc1NC(=O)N(C)[C@H]1CCSC1. The van der Waals surface area contributed by atoms with Crippen molar-refractivity contribution in [2.75, 3.05) is 23.9 Å². The maximum atomic E-state index is 12.4. The summed E-state index contributed by atoms with van der Waals surface area (Å²) in [7, 11) is 1.88. The van der Waals surface area contributed by atoms with E-state index in [1.54, 1.807) is 0 Å². The van der Waals surface area contributed by atoms with Gasteiger partial charge in [-0.3, -0.25) is 0 Å². The van der Waals surface area contributed by atoms with Crippen LogP contribution in [0.1, 0.15) is 31.4 Å².